The SMILES string of the molecule is CC/C=C(/N)C(C)(C)Oc1ccc2c(c1)OCCC2. The van der Waals surface area contributed by atoms with Crippen molar-refractivity contribution in [3.05, 3.63) is 35.5 Å². The van der Waals surface area contributed by atoms with E-state index >= 15 is 0 Å². The van der Waals surface area contributed by atoms with E-state index in [9.17, 15) is 0 Å². The minimum Gasteiger partial charge on any atom is -0.493 e. The van der Waals surface area contributed by atoms with E-state index in [1.807, 2.05) is 32.1 Å². The molecule has 1 aromatic rings. The van der Waals surface area contributed by atoms with Crippen molar-refractivity contribution in [1.82, 2.24) is 0 Å². The molecule has 0 aromatic heterocycles. The van der Waals surface area contributed by atoms with Gasteiger partial charge in [0.05, 0.1) is 6.61 Å². The average molecular weight is 261 g/mol. The normalized spacial score (nSPS) is 15.6. The summed E-state index contributed by atoms with van der Waals surface area (Å²) in [6.07, 6.45) is 5.07. The van der Waals surface area contributed by atoms with Crippen LogP contribution in [0.4, 0.5) is 0 Å². The first-order valence-corrected chi connectivity index (χ1v) is 6.94. The number of hydrogen-bond acceptors (Lipinski definition) is 3. The van der Waals surface area contributed by atoms with Crippen LogP contribution < -0.4 is 15.2 Å². The van der Waals surface area contributed by atoms with E-state index in [-0.39, 0.29) is 0 Å². The molecule has 1 heterocycles. The highest BCUT2D eigenvalue weighted by Gasteiger charge is 2.23. The first kappa shape index (κ1) is 13.8. The van der Waals surface area contributed by atoms with E-state index < -0.39 is 5.60 Å². The molecular formula is C16H23NO2. The van der Waals surface area contributed by atoms with Crippen molar-refractivity contribution in [3.63, 3.8) is 0 Å². The molecule has 0 amide bonds. The Morgan fingerprint density at radius 1 is 1.47 bits per heavy atom. The van der Waals surface area contributed by atoms with Gasteiger partial charge in [-0.1, -0.05) is 19.1 Å². The molecule has 0 atom stereocenters. The van der Waals surface area contributed by atoms with Crippen LogP contribution in [-0.2, 0) is 6.42 Å². The van der Waals surface area contributed by atoms with Gasteiger partial charge in [0.2, 0.25) is 0 Å². The number of hydrogen-bond donors (Lipinski definition) is 1. The molecule has 19 heavy (non-hydrogen) atoms. The lowest BCUT2D eigenvalue weighted by Crippen LogP contribution is -2.35. The van der Waals surface area contributed by atoms with Crippen LogP contribution in [-0.4, -0.2) is 12.2 Å². The van der Waals surface area contributed by atoms with Gasteiger partial charge in [-0.25, -0.2) is 0 Å². The molecule has 0 aliphatic carbocycles. The van der Waals surface area contributed by atoms with Crippen LogP contribution in [0, 0.1) is 0 Å². The zero-order chi connectivity index (χ0) is 13.9. The van der Waals surface area contributed by atoms with E-state index in [1.54, 1.807) is 0 Å². The molecule has 0 saturated heterocycles. The van der Waals surface area contributed by atoms with E-state index in [0.29, 0.717) is 0 Å². The summed E-state index contributed by atoms with van der Waals surface area (Å²) >= 11 is 0. The van der Waals surface area contributed by atoms with Crippen molar-refractivity contribution < 1.29 is 9.47 Å². The Morgan fingerprint density at radius 3 is 3.00 bits per heavy atom. The van der Waals surface area contributed by atoms with Gasteiger partial charge >= 0.3 is 0 Å². The molecule has 104 valence electrons. The van der Waals surface area contributed by atoms with Gasteiger partial charge in [-0.2, -0.15) is 0 Å². The summed E-state index contributed by atoms with van der Waals surface area (Å²) in [6.45, 7) is 6.82. The molecule has 0 fully saturated rings. The highest BCUT2D eigenvalue weighted by molar-refractivity contribution is 5.42. The molecule has 1 aromatic carbocycles. The molecule has 1 aliphatic heterocycles. The summed E-state index contributed by atoms with van der Waals surface area (Å²) in [5, 5.41) is 0. The van der Waals surface area contributed by atoms with Gasteiger partial charge in [0.15, 0.2) is 0 Å². The molecule has 2 N–H and O–H groups in total. The maximum Gasteiger partial charge on any atom is 0.142 e. The van der Waals surface area contributed by atoms with Crippen LogP contribution in [0.5, 0.6) is 11.5 Å². The molecule has 1 aliphatic rings. The minimum absolute atomic E-state index is 0.501. The number of rotatable bonds is 4. The van der Waals surface area contributed by atoms with Gasteiger partial charge in [0.25, 0.3) is 0 Å². The largest absolute Gasteiger partial charge is 0.493 e. The van der Waals surface area contributed by atoms with E-state index in [4.69, 9.17) is 15.2 Å². The molecule has 3 heteroatoms. The topological polar surface area (TPSA) is 44.5 Å². The molecular weight excluding hydrogens is 238 g/mol. The van der Waals surface area contributed by atoms with Gasteiger partial charge in [-0.05, 0) is 44.7 Å². The molecule has 0 spiro atoms. The van der Waals surface area contributed by atoms with Crippen LogP contribution >= 0.6 is 0 Å². The summed E-state index contributed by atoms with van der Waals surface area (Å²) < 4.78 is 11.7. The molecule has 0 bridgehead atoms. The lowest BCUT2D eigenvalue weighted by molar-refractivity contribution is 0.145. The van der Waals surface area contributed by atoms with E-state index in [0.717, 1.165) is 43.1 Å². The van der Waals surface area contributed by atoms with E-state index in [1.165, 1.54) is 5.56 Å². The van der Waals surface area contributed by atoms with Crippen LogP contribution in [0.2, 0.25) is 0 Å². The fraction of sp³-hybridized carbons (Fsp3) is 0.500. The van der Waals surface area contributed by atoms with Crippen molar-refractivity contribution in [2.24, 2.45) is 5.73 Å². The minimum atomic E-state index is -0.501. The Morgan fingerprint density at radius 2 is 2.26 bits per heavy atom. The second-order valence-corrected chi connectivity index (χ2v) is 5.40. The van der Waals surface area contributed by atoms with Gasteiger partial charge < -0.3 is 15.2 Å². The second-order valence-electron chi connectivity index (χ2n) is 5.40. The lowest BCUT2D eigenvalue weighted by Gasteiger charge is -2.28. The van der Waals surface area contributed by atoms with Crippen LogP contribution in [0.15, 0.2) is 30.0 Å². The van der Waals surface area contributed by atoms with Gasteiger partial charge in [-0.3, -0.25) is 0 Å². The highest BCUT2D eigenvalue weighted by Crippen LogP contribution is 2.31. The van der Waals surface area contributed by atoms with Gasteiger partial charge in [-0.15, -0.1) is 0 Å². The average Bonchev–Trinajstić information content (AvgIpc) is 2.38. The summed E-state index contributed by atoms with van der Waals surface area (Å²) in [5.74, 6) is 1.75. The van der Waals surface area contributed by atoms with E-state index in [2.05, 4.69) is 13.0 Å². The summed E-state index contributed by atoms with van der Waals surface area (Å²) in [5.41, 5.74) is 7.57. The Balaban J connectivity index is 2.17. The molecule has 0 radical (unpaired) electrons. The highest BCUT2D eigenvalue weighted by atomic mass is 16.5. The van der Waals surface area contributed by atoms with Crippen molar-refractivity contribution >= 4 is 0 Å². The number of benzene rings is 1. The monoisotopic (exact) mass is 261 g/mol. The number of allylic oxidation sites excluding steroid dienone is 1. The lowest BCUT2D eigenvalue weighted by atomic mass is 10.0. The third-order valence-electron chi connectivity index (χ3n) is 3.38. The number of ether oxygens (including phenoxy) is 2. The standard InChI is InChI=1S/C16H23NO2/c1-4-6-15(17)16(2,3)19-13-9-8-12-7-5-10-18-14(12)11-13/h6,8-9,11H,4-5,7,10,17H2,1-3H3/b15-6+. The third-order valence-corrected chi connectivity index (χ3v) is 3.38. The number of nitrogens with two attached hydrogens (primary N) is 1. The van der Waals surface area contributed by atoms with Crippen molar-refractivity contribution in [2.75, 3.05) is 6.61 Å². The quantitative estimate of drug-likeness (QED) is 0.903. The Kier molecular flexibility index (Phi) is 4.03. The predicted molar refractivity (Wildman–Crippen MR) is 77.5 cm³/mol. The van der Waals surface area contributed by atoms with Crippen molar-refractivity contribution in [2.45, 2.75) is 45.6 Å². The summed E-state index contributed by atoms with van der Waals surface area (Å²) in [7, 11) is 0. The molecule has 2 rings (SSSR count). The van der Waals surface area contributed by atoms with Crippen LogP contribution in [0.1, 0.15) is 39.2 Å². The maximum atomic E-state index is 6.05. The Hall–Kier alpha value is -1.64. The Bertz CT molecular complexity index is 478. The maximum absolute atomic E-state index is 6.05. The van der Waals surface area contributed by atoms with Crippen molar-refractivity contribution in [1.29, 1.82) is 0 Å². The zero-order valence-corrected chi connectivity index (χ0v) is 12.0. The first-order valence-electron chi connectivity index (χ1n) is 6.94. The van der Waals surface area contributed by atoms with Crippen molar-refractivity contribution in [3.8, 4) is 11.5 Å². The van der Waals surface area contributed by atoms with Gasteiger partial charge in [0, 0.05) is 11.8 Å². The number of aryl methyl sites for hydroxylation is 1. The molecule has 0 saturated carbocycles. The fourth-order valence-electron chi connectivity index (χ4n) is 2.20. The van der Waals surface area contributed by atoms with Crippen LogP contribution in [0.25, 0.3) is 0 Å². The first-order chi connectivity index (χ1) is 9.03. The molecule has 0 unspecified atom stereocenters. The smallest absolute Gasteiger partial charge is 0.142 e. The predicted octanol–water partition coefficient (Wildman–Crippen LogP) is 3.42. The zero-order valence-electron chi connectivity index (χ0n) is 12.0. The second kappa shape index (κ2) is 5.55. The van der Waals surface area contributed by atoms with Crippen LogP contribution in [0.3, 0.4) is 0 Å². The molecule has 3 nitrogen and oxygen atoms in total. The van der Waals surface area contributed by atoms with Gasteiger partial charge in [0.1, 0.15) is 17.1 Å². The fourth-order valence-corrected chi connectivity index (χ4v) is 2.20. The summed E-state index contributed by atoms with van der Waals surface area (Å²) in [6, 6.07) is 6.05. The summed E-state index contributed by atoms with van der Waals surface area (Å²) in [4.78, 5) is 0. The Labute approximate surface area is 115 Å². The third kappa shape index (κ3) is 3.22. The number of fused-ring (bicyclic) bond motifs is 1.